The number of hydrogen-bond acceptors (Lipinski definition) is 6. The maximum atomic E-state index is 6.86. The van der Waals surface area contributed by atoms with E-state index in [1.807, 2.05) is 109 Å². The lowest BCUT2D eigenvalue weighted by atomic mass is 9.97. The third-order valence-electron chi connectivity index (χ3n) is 8.87. The smallest absolute Gasteiger partial charge is 0.229 e. The molecule has 0 aromatic heterocycles. The lowest BCUT2D eigenvalue weighted by Crippen LogP contribution is -2.62. The van der Waals surface area contributed by atoms with Gasteiger partial charge in [-0.05, 0) is 57.3 Å². The SMILES string of the molecule is Brc1ccc2cc(O[C@H]3O[C@H](COCc4ccccc4)[C@@H](OCc4ccccc4)[C@H](OCc4ccccc4)[C@H]3OCc3ccccc3)ccc2c1. The molecule has 1 heterocycles. The van der Waals surface area contributed by atoms with Crippen LogP contribution in [-0.2, 0) is 50.1 Å². The van der Waals surface area contributed by atoms with Gasteiger partial charge in [0.05, 0.1) is 33.0 Å². The Labute approximate surface area is 308 Å². The van der Waals surface area contributed by atoms with E-state index < -0.39 is 30.7 Å². The van der Waals surface area contributed by atoms with Crippen LogP contribution in [-0.4, -0.2) is 37.3 Å². The summed E-state index contributed by atoms with van der Waals surface area (Å²) in [5, 5.41) is 2.15. The van der Waals surface area contributed by atoms with E-state index in [4.69, 9.17) is 28.4 Å². The summed E-state index contributed by atoms with van der Waals surface area (Å²) in [6.45, 7) is 1.76. The molecule has 1 aliphatic rings. The molecule has 5 atom stereocenters. The average molecular weight is 746 g/mol. The maximum Gasteiger partial charge on any atom is 0.229 e. The summed E-state index contributed by atoms with van der Waals surface area (Å²) in [7, 11) is 0. The van der Waals surface area contributed by atoms with E-state index in [-0.39, 0.29) is 6.61 Å². The fourth-order valence-electron chi connectivity index (χ4n) is 6.24. The van der Waals surface area contributed by atoms with Crippen molar-refractivity contribution in [2.75, 3.05) is 6.61 Å². The monoisotopic (exact) mass is 744 g/mol. The van der Waals surface area contributed by atoms with Crippen LogP contribution in [0.15, 0.2) is 162 Å². The van der Waals surface area contributed by atoms with E-state index in [0.717, 1.165) is 37.5 Å². The molecule has 6 nitrogen and oxygen atoms in total. The molecule has 7 heteroatoms. The molecule has 0 radical (unpaired) electrons. The molecule has 0 N–H and O–H groups in total. The Kier molecular flexibility index (Phi) is 12.2. The van der Waals surface area contributed by atoms with Crippen molar-refractivity contribution in [2.24, 2.45) is 0 Å². The normalized spacial score (nSPS) is 20.3. The maximum absolute atomic E-state index is 6.86. The molecule has 7 rings (SSSR count). The quantitative estimate of drug-likeness (QED) is 0.104. The second-order valence-electron chi connectivity index (χ2n) is 12.6. The van der Waals surface area contributed by atoms with Crippen molar-refractivity contribution in [1.29, 1.82) is 0 Å². The summed E-state index contributed by atoms with van der Waals surface area (Å²) in [5.74, 6) is 0.664. The van der Waals surface area contributed by atoms with Gasteiger partial charge >= 0.3 is 0 Å². The zero-order valence-corrected chi connectivity index (χ0v) is 29.8. The summed E-state index contributed by atoms with van der Waals surface area (Å²) in [5.41, 5.74) is 4.20. The first-order valence-electron chi connectivity index (χ1n) is 17.3. The molecule has 6 aromatic rings. The Morgan fingerprint density at radius 1 is 0.471 bits per heavy atom. The minimum atomic E-state index is -0.829. The molecule has 1 saturated heterocycles. The van der Waals surface area contributed by atoms with Crippen LogP contribution < -0.4 is 4.74 Å². The second kappa shape index (κ2) is 17.7. The third-order valence-corrected chi connectivity index (χ3v) is 9.36. The Morgan fingerprint density at radius 2 is 0.941 bits per heavy atom. The van der Waals surface area contributed by atoms with Crippen molar-refractivity contribution in [3.8, 4) is 5.75 Å². The summed E-state index contributed by atoms with van der Waals surface area (Å²) in [6, 6.07) is 52.7. The first-order chi connectivity index (χ1) is 25.2. The van der Waals surface area contributed by atoms with E-state index in [9.17, 15) is 0 Å². The zero-order valence-electron chi connectivity index (χ0n) is 28.3. The fourth-order valence-corrected chi connectivity index (χ4v) is 6.62. The molecule has 51 heavy (non-hydrogen) atoms. The highest BCUT2D eigenvalue weighted by Crippen LogP contribution is 2.33. The van der Waals surface area contributed by atoms with Crippen LogP contribution in [0, 0.1) is 0 Å². The molecular formula is C44H41BrO6. The molecule has 1 aliphatic heterocycles. The van der Waals surface area contributed by atoms with E-state index >= 15 is 0 Å². The first kappa shape index (κ1) is 35.1. The molecule has 0 aliphatic carbocycles. The van der Waals surface area contributed by atoms with Gasteiger partial charge in [-0.3, -0.25) is 0 Å². The van der Waals surface area contributed by atoms with Gasteiger partial charge in [0, 0.05) is 4.47 Å². The van der Waals surface area contributed by atoms with Gasteiger partial charge in [-0.25, -0.2) is 0 Å². The van der Waals surface area contributed by atoms with Crippen LogP contribution in [0.2, 0.25) is 0 Å². The van der Waals surface area contributed by atoms with Gasteiger partial charge in [0.15, 0.2) is 0 Å². The molecular weight excluding hydrogens is 704 g/mol. The number of fused-ring (bicyclic) bond motifs is 1. The van der Waals surface area contributed by atoms with Gasteiger partial charge in [-0.1, -0.05) is 149 Å². The van der Waals surface area contributed by atoms with Gasteiger partial charge in [-0.15, -0.1) is 0 Å². The fraction of sp³-hybridized carbons (Fsp3) is 0.227. The van der Waals surface area contributed by atoms with Crippen molar-refractivity contribution in [3.63, 3.8) is 0 Å². The van der Waals surface area contributed by atoms with Crippen molar-refractivity contribution in [3.05, 3.63) is 184 Å². The minimum Gasteiger partial charge on any atom is -0.462 e. The number of rotatable bonds is 15. The van der Waals surface area contributed by atoms with Crippen LogP contribution in [0.5, 0.6) is 5.75 Å². The summed E-state index contributed by atoms with van der Waals surface area (Å²) in [4.78, 5) is 0. The van der Waals surface area contributed by atoms with Crippen molar-refractivity contribution < 1.29 is 28.4 Å². The average Bonchev–Trinajstić information content (AvgIpc) is 3.18. The predicted molar refractivity (Wildman–Crippen MR) is 202 cm³/mol. The van der Waals surface area contributed by atoms with Crippen LogP contribution in [0.4, 0.5) is 0 Å². The lowest BCUT2D eigenvalue weighted by Gasteiger charge is -2.45. The van der Waals surface area contributed by atoms with E-state index in [0.29, 0.717) is 32.2 Å². The largest absolute Gasteiger partial charge is 0.462 e. The van der Waals surface area contributed by atoms with E-state index in [2.05, 4.69) is 64.5 Å². The van der Waals surface area contributed by atoms with Gasteiger partial charge in [0.2, 0.25) is 6.29 Å². The topological polar surface area (TPSA) is 55.4 Å². The van der Waals surface area contributed by atoms with Gasteiger partial charge in [0.25, 0.3) is 0 Å². The van der Waals surface area contributed by atoms with Gasteiger partial charge in [0.1, 0.15) is 30.2 Å². The van der Waals surface area contributed by atoms with Crippen LogP contribution in [0.3, 0.4) is 0 Å². The van der Waals surface area contributed by atoms with Crippen LogP contribution in [0.25, 0.3) is 10.8 Å². The molecule has 0 amide bonds. The van der Waals surface area contributed by atoms with Gasteiger partial charge in [-0.2, -0.15) is 0 Å². The summed E-state index contributed by atoms with van der Waals surface area (Å²) in [6.07, 6.45) is -3.13. The Bertz CT molecular complexity index is 1930. The first-order valence-corrected chi connectivity index (χ1v) is 18.1. The van der Waals surface area contributed by atoms with E-state index in [1.54, 1.807) is 0 Å². The summed E-state index contributed by atoms with van der Waals surface area (Å²) >= 11 is 3.58. The number of benzene rings is 6. The third kappa shape index (κ3) is 9.71. The standard InChI is InChI=1S/C44H41BrO6/c45-38-23-21-37-26-39(24-22-36(37)25-38)50-44-43(49-30-35-19-11-4-12-20-35)42(48-29-34-17-9-3-10-18-34)41(47-28-33-15-7-2-8-16-33)40(51-44)31-46-27-32-13-5-1-6-14-32/h1-26,40-44H,27-31H2/t40-,41-,42+,43-,44+/m1/s1. The molecule has 0 unspecified atom stereocenters. The Morgan fingerprint density at radius 3 is 1.51 bits per heavy atom. The number of hydrogen-bond donors (Lipinski definition) is 0. The molecule has 0 spiro atoms. The van der Waals surface area contributed by atoms with Crippen LogP contribution in [0.1, 0.15) is 22.3 Å². The molecule has 260 valence electrons. The second-order valence-corrected chi connectivity index (χ2v) is 13.5. The lowest BCUT2D eigenvalue weighted by molar-refractivity contribution is -0.310. The Hall–Kier alpha value is -4.34. The highest BCUT2D eigenvalue weighted by Gasteiger charge is 2.49. The van der Waals surface area contributed by atoms with Gasteiger partial charge < -0.3 is 28.4 Å². The van der Waals surface area contributed by atoms with Crippen LogP contribution >= 0.6 is 15.9 Å². The van der Waals surface area contributed by atoms with Crippen molar-refractivity contribution >= 4 is 26.7 Å². The Balaban J connectivity index is 1.22. The van der Waals surface area contributed by atoms with Crippen molar-refractivity contribution in [2.45, 2.75) is 57.1 Å². The molecule has 1 fully saturated rings. The molecule has 0 bridgehead atoms. The van der Waals surface area contributed by atoms with E-state index in [1.165, 1.54) is 0 Å². The van der Waals surface area contributed by atoms with Crippen molar-refractivity contribution in [1.82, 2.24) is 0 Å². The summed E-state index contributed by atoms with van der Waals surface area (Å²) < 4.78 is 41.3. The highest BCUT2D eigenvalue weighted by atomic mass is 79.9. The molecule has 6 aromatic carbocycles. The predicted octanol–water partition coefficient (Wildman–Crippen LogP) is 9.68. The minimum absolute atomic E-state index is 0.260. The number of ether oxygens (including phenoxy) is 6. The zero-order chi connectivity index (χ0) is 34.7. The number of halogens is 1. The molecule has 0 saturated carbocycles. The highest BCUT2D eigenvalue weighted by molar-refractivity contribution is 9.10.